The molecule has 180 valence electrons. The number of hydrogen-bond acceptors (Lipinski definition) is 6. The van der Waals surface area contributed by atoms with Gasteiger partial charge in [-0.2, -0.15) is 0 Å². The standard InChI is InChI=1S/C19H16N4O2.C6H11NO.C2H2/c24-8-5-14-1-2-16(11-22-14)25-15-3-4-17-13(9-15)10-18(23-17)19-12-20-6-7-21-19;1-6(8)7-4-2-3-5-7;1-2/h1-4,6-7,9-12,23-24H,5,8H2;2-5H2,1H3;1-2H. The van der Waals surface area contributed by atoms with Crippen molar-refractivity contribution in [2.75, 3.05) is 19.7 Å². The fourth-order valence-corrected chi connectivity index (χ4v) is 3.65. The lowest BCUT2D eigenvalue weighted by Gasteiger charge is -2.10. The van der Waals surface area contributed by atoms with Gasteiger partial charge in [-0.1, -0.05) is 0 Å². The zero-order valence-electron chi connectivity index (χ0n) is 19.7. The number of aliphatic hydroxyl groups excluding tert-OH is 1. The molecule has 0 radical (unpaired) electrons. The van der Waals surface area contributed by atoms with Crippen molar-refractivity contribution in [1.82, 2.24) is 24.8 Å². The Morgan fingerprint density at radius 1 is 1.06 bits per heavy atom. The Hall–Kier alpha value is -4.22. The van der Waals surface area contributed by atoms with Crippen LogP contribution in [0.3, 0.4) is 0 Å². The highest BCUT2D eigenvalue weighted by Crippen LogP contribution is 2.28. The van der Waals surface area contributed by atoms with E-state index in [0.717, 1.165) is 46.8 Å². The predicted molar refractivity (Wildman–Crippen MR) is 136 cm³/mol. The topological polar surface area (TPSA) is 104 Å². The predicted octanol–water partition coefficient (Wildman–Crippen LogP) is 4.23. The molecular formula is C27H29N5O3. The third-order valence-corrected chi connectivity index (χ3v) is 5.38. The Balaban J connectivity index is 0.000000289. The van der Waals surface area contributed by atoms with Crippen LogP contribution in [0, 0.1) is 12.8 Å². The molecule has 1 saturated heterocycles. The Morgan fingerprint density at radius 2 is 1.83 bits per heavy atom. The van der Waals surface area contributed by atoms with E-state index in [0.29, 0.717) is 12.2 Å². The number of aromatic amines is 1. The number of ether oxygens (including phenoxy) is 1. The normalized spacial score (nSPS) is 12.3. The first kappa shape index (κ1) is 25.4. The quantitative estimate of drug-likeness (QED) is 0.422. The van der Waals surface area contributed by atoms with Crippen LogP contribution in [0.1, 0.15) is 25.5 Å². The number of benzene rings is 1. The summed E-state index contributed by atoms with van der Waals surface area (Å²) in [7, 11) is 0. The summed E-state index contributed by atoms with van der Waals surface area (Å²) in [4.78, 5) is 28.5. The van der Waals surface area contributed by atoms with Gasteiger partial charge in [0, 0.05) is 62.0 Å². The van der Waals surface area contributed by atoms with E-state index < -0.39 is 0 Å². The molecule has 0 bridgehead atoms. The maximum Gasteiger partial charge on any atom is 0.219 e. The average Bonchev–Trinajstić information content (AvgIpc) is 3.58. The van der Waals surface area contributed by atoms with E-state index in [1.807, 2.05) is 41.3 Å². The van der Waals surface area contributed by atoms with E-state index in [1.54, 1.807) is 31.7 Å². The molecule has 0 aliphatic carbocycles. The molecule has 8 heteroatoms. The van der Waals surface area contributed by atoms with Gasteiger partial charge in [0.25, 0.3) is 0 Å². The van der Waals surface area contributed by atoms with Gasteiger partial charge in [0.05, 0.1) is 18.1 Å². The highest BCUT2D eigenvalue weighted by molar-refractivity contribution is 5.86. The van der Waals surface area contributed by atoms with E-state index in [-0.39, 0.29) is 12.5 Å². The van der Waals surface area contributed by atoms with Gasteiger partial charge in [0.2, 0.25) is 5.91 Å². The summed E-state index contributed by atoms with van der Waals surface area (Å²) in [6, 6.07) is 11.6. The van der Waals surface area contributed by atoms with E-state index in [1.165, 1.54) is 12.8 Å². The number of terminal acetylenes is 1. The summed E-state index contributed by atoms with van der Waals surface area (Å²) >= 11 is 0. The van der Waals surface area contributed by atoms with E-state index >= 15 is 0 Å². The number of H-pyrrole nitrogens is 1. The molecule has 0 atom stereocenters. The second-order valence-corrected chi connectivity index (χ2v) is 7.80. The van der Waals surface area contributed by atoms with Crippen molar-refractivity contribution in [2.45, 2.75) is 26.2 Å². The first-order valence-corrected chi connectivity index (χ1v) is 11.3. The number of amides is 1. The molecule has 0 saturated carbocycles. The van der Waals surface area contributed by atoms with Crippen LogP contribution in [0.2, 0.25) is 0 Å². The van der Waals surface area contributed by atoms with Gasteiger partial charge in [-0.15, -0.1) is 12.8 Å². The molecule has 1 aromatic carbocycles. The number of fused-ring (bicyclic) bond motifs is 1. The molecule has 0 unspecified atom stereocenters. The number of aliphatic hydroxyl groups is 1. The molecule has 1 aliphatic heterocycles. The number of hydrogen-bond donors (Lipinski definition) is 2. The maximum atomic E-state index is 10.6. The van der Waals surface area contributed by atoms with Crippen molar-refractivity contribution in [2.24, 2.45) is 0 Å². The van der Waals surface area contributed by atoms with Gasteiger partial charge in [0.1, 0.15) is 17.2 Å². The molecule has 1 fully saturated rings. The summed E-state index contributed by atoms with van der Waals surface area (Å²) in [5, 5.41) is 9.96. The zero-order chi connectivity index (χ0) is 25.0. The number of aromatic nitrogens is 4. The zero-order valence-corrected chi connectivity index (χ0v) is 19.7. The van der Waals surface area contributed by atoms with Gasteiger partial charge in [-0.05, 0) is 49.2 Å². The van der Waals surface area contributed by atoms with Crippen molar-refractivity contribution < 1.29 is 14.6 Å². The van der Waals surface area contributed by atoms with Crippen molar-refractivity contribution in [3.8, 4) is 35.7 Å². The largest absolute Gasteiger partial charge is 0.456 e. The number of rotatable bonds is 5. The van der Waals surface area contributed by atoms with Gasteiger partial charge in [-0.25, -0.2) is 0 Å². The molecule has 3 aromatic heterocycles. The number of likely N-dealkylation sites (tertiary alicyclic amines) is 1. The number of nitrogens with one attached hydrogen (secondary N) is 1. The summed E-state index contributed by atoms with van der Waals surface area (Å²) in [5.41, 5.74) is 3.55. The molecule has 4 heterocycles. The van der Waals surface area contributed by atoms with Gasteiger partial charge in [-0.3, -0.25) is 19.7 Å². The van der Waals surface area contributed by atoms with Crippen LogP contribution in [0.5, 0.6) is 11.5 Å². The van der Waals surface area contributed by atoms with Crippen LogP contribution < -0.4 is 4.74 Å². The van der Waals surface area contributed by atoms with Crippen molar-refractivity contribution >= 4 is 16.8 Å². The third-order valence-electron chi connectivity index (χ3n) is 5.38. The van der Waals surface area contributed by atoms with E-state index in [4.69, 9.17) is 9.84 Å². The SMILES string of the molecule is C#C.CC(=O)N1CCCC1.OCCc1ccc(Oc2ccc3[nH]c(-c4cnccn4)cc3c2)cn1. The lowest BCUT2D eigenvalue weighted by Crippen LogP contribution is -2.24. The van der Waals surface area contributed by atoms with Crippen LogP contribution >= 0.6 is 0 Å². The Bertz CT molecular complexity index is 1230. The van der Waals surface area contributed by atoms with E-state index in [2.05, 4.69) is 32.8 Å². The van der Waals surface area contributed by atoms with Crippen LogP contribution in [0.25, 0.3) is 22.3 Å². The summed E-state index contributed by atoms with van der Waals surface area (Å²) in [6.45, 7) is 3.68. The van der Waals surface area contributed by atoms with Crippen LogP contribution in [-0.2, 0) is 11.2 Å². The minimum atomic E-state index is 0.0888. The number of nitrogens with zero attached hydrogens (tertiary/aromatic N) is 4. The first-order chi connectivity index (χ1) is 17.1. The molecule has 5 rings (SSSR count). The van der Waals surface area contributed by atoms with Crippen molar-refractivity contribution in [1.29, 1.82) is 0 Å². The van der Waals surface area contributed by atoms with Crippen LogP contribution in [-0.4, -0.2) is 55.5 Å². The van der Waals surface area contributed by atoms with Crippen molar-refractivity contribution in [3.05, 3.63) is 66.9 Å². The molecule has 8 nitrogen and oxygen atoms in total. The minimum absolute atomic E-state index is 0.0888. The highest BCUT2D eigenvalue weighted by Gasteiger charge is 2.12. The maximum absolute atomic E-state index is 10.6. The number of carbonyl (C=O) groups excluding carboxylic acids is 1. The summed E-state index contributed by atoms with van der Waals surface area (Å²) in [5.74, 6) is 1.61. The third kappa shape index (κ3) is 7.13. The second kappa shape index (κ2) is 12.9. The van der Waals surface area contributed by atoms with Gasteiger partial charge >= 0.3 is 0 Å². The lowest BCUT2D eigenvalue weighted by atomic mass is 10.2. The Morgan fingerprint density at radius 3 is 2.43 bits per heavy atom. The molecule has 4 aromatic rings. The fourth-order valence-electron chi connectivity index (χ4n) is 3.65. The van der Waals surface area contributed by atoms with E-state index in [9.17, 15) is 4.79 Å². The van der Waals surface area contributed by atoms with Crippen LogP contribution in [0.4, 0.5) is 0 Å². The smallest absolute Gasteiger partial charge is 0.219 e. The second-order valence-electron chi connectivity index (χ2n) is 7.80. The Labute approximate surface area is 205 Å². The van der Waals surface area contributed by atoms with Crippen LogP contribution in [0.15, 0.2) is 61.2 Å². The molecule has 2 N–H and O–H groups in total. The molecule has 0 spiro atoms. The number of pyridine rings is 1. The summed E-state index contributed by atoms with van der Waals surface area (Å²) < 4.78 is 5.87. The monoisotopic (exact) mass is 471 g/mol. The number of carbonyl (C=O) groups is 1. The Kier molecular flexibility index (Phi) is 9.34. The molecule has 1 amide bonds. The van der Waals surface area contributed by atoms with Gasteiger partial charge < -0.3 is 19.7 Å². The molecule has 35 heavy (non-hydrogen) atoms. The minimum Gasteiger partial charge on any atom is -0.456 e. The lowest BCUT2D eigenvalue weighted by molar-refractivity contribution is -0.127. The fraction of sp³-hybridized carbons (Fsp3) is 0.259. The molecule has 1 aliphatic rings. The summed E-state index contributed by atoms with van der Waals surface area (Å²) in [6.07, 6.45) is 17.6. The highest BCUT2D eigenvalue weighted by atomic mass is 16.5. The average molecular weight is 472 g/mol. The van der Waals surface area contributed by atoms with Gasteiger partial charge in [0.15, 0.2) is 0 Å². The molecular weight excluding hydrogens is 442 g/mol. The first-order valence-electron chi connectivity index (χ1n) is 11.3. The van der Waals surface area contributed by atoms with Crippen molar-refractivity contribution in [3.63, 3.8) is 0 Å².